The zero-order chi connectivity index (χ0) is 14.3. The van der Waals surface area contributed by atoms with Crippen molar-refractivity contribution in [2.45, 2.75) is 0 Å². The number of carbonyl (C=O) groups excluding carboxylic acids is 2. The summed E-state index contributed by atoms with van der Waals surface area (Å²) in [5, 5.41) is 0. The Morgan fingerprint density at radius 2 is 1.84 bits per heavy atom. The normalized spacial score (nSPS) is 10.3. The van der Waals surface area contributed by atoms with Crippen LogP contribution in [0.25, 0.3) is 6.08 Å². The number of carbonyl (C=O) groups is 2. The molecule has 0 N–H and O–H groups in total. The largest absolute Gasteiger partial charge is 0.497 e. The number of hydrogen-bond acceptors (Lipinski definition) is 4. The molecular formula is C14H17NO4. The predicted molar refractivity (Wildman–Crippen MR) is 71.7 cm³/mol. The molecule has 0 aliphatic heterocycles. The van der Waals surface area contributed by atoms with Crippen molar-refractivity contribution < 1.29 is 19.1 Å². The average molecular weight is 263 g/mol. The van der Waals surface area contributed by atoms with Gasteiger partial charge in [-0.2, -0.15) is 0 Å². The standard InChI is InChI=1S/C14H17NO4/c1-15(10-14(17)19-3)13(16)9-6-11-4-7-12(18-2)8-5-11/h4-9H,10H2,1-3H3. The molecule has 0 saturated carbocycles. The van der Waals surface area contributed by atoms with Gasteiger partial charge in [0.25, 0.3) is 0 Å². The van der Waals surface area contributed by atoms with Crippen LogP contribution < -0.4 is 4.74 Å². The molecule has 0 aliphatic rings. The third-order valence-corrected chi connectivity index (χ3v) is 2.50. The lowest BCUT2D eigenvalue weighted by Crippen LogP contribution is -2.31. The molecule has 0 spiro atoms. The number of methoxy groups -OCH3 is 2. The van der Waals surface area contributed by atoms with Gasteiger partial charge >= 0.3 is 5.97 Å². The van der Waals surface area contributed by atoms with Gasteiger partial charge in [0.05, 0.1) is 14.2 Å². The molecule has 0 heterocycles. The molecule has 19 heavy (non-hydrogen) atoms. The third kappa shape index (κ3) is 4.83. The second kappa shape index (κ2) is 7.20. The maximum Gasteiger partial charge on any atom is 0.325 e. The van der Waals surface area contributed by atoms with E-state index in [1.54, 1.807) is 13.2 Å². The molecule has 102 valence electrons. The van der Waals surface area contributed by atoms with Crippen LogP contribution in [0, 0.1) is 0 Å². The average Bonchev–Trinajstić information content (AvgIpc) is 2.44. The molecule has 0 saturated heterocycles. The van der Waals surface area contributed by atoms with Gasteiger partial charge in [-0.3, -0.25) is 9.59 Å². The highest BCUT2D eigenvalue weighted by Crippen LogP contribution is 2.12. The quantitative estimate of drug-likeness (QED) is 0.594. The van der Waals surface area contributed by atoms with Crippen LogP contribution in [0.15, 0.2) is 30.3 Å². The van der Waals surface area contributed by atoms with Crippen molar-refractivity contribution in [2.24, 2.45) is 0 Å². The number of esters is 1. The van der Waals surface area contributed by atoms with Crippen molar-refractivity contribution in [3.63, 3.8) is 0 Å². The number of likely N-dealkylation sites (N-methyl/N-ethyl adjacent to an activating group) is 1. The van der Waals surface area contributed by atoms with E-state index in [0.717, 1.165) is 11.3 Å². The minimum Gasteiger partial charge on any atom is -0.497 e. The van der Waals surface area contributed by atoms with E-state index in [9.17, 15) is 9.59 Å². The lowest BCUT2D eigenvalue weighted by molar-refractivity contribution is -0.144. The molecular weight excluding hydrogens is 246 g/mol. The van der Waals surface area contributed by atoms with Gasteiger partial charge in [0.1, 0.15) is 12.3 Å². The van der Waals surface area contributed by atoms with Crippen molar-refractivity contribution in [1.82, 2.24) is 4.90 Å². The summed E-state index contributed by atoms with van der Waals surface area (Å²) in [6.45, 7) is -0.0672. The van der Waals surface area contributed by atoms with Gasteiger partial charge in [-0.25, -0.2) is 0 Å². The topological polar surface area (TPSA) is 55.8 Å². The fourth-order valence-electron chi connectivity index (χ4n) is 1.35. The maximum absolute atomic E-state index is 11.7. The van der Waals surface area contributed by atoms with Gasteiger partial charge in [-0.05, 0) is 23.8 Å². The monoisotopic (exact) mass is 263 g/mol. The number of amides is 1. The molecule has 0 unspecified atom stereocenters. The molecule has 0 aliphatic carbocycles. The summed E-state index contributed by atoms with van der Waals surface area (Å²) in [5.41, 5.74) is 0.876. The summed E-state index contributed by atoms with van der Waals surface area (Å²) in [4.78, 5) is 24.0. The lowest BCUT2D eigenvalue weighted by Gasteiger charge is -2.12. The number of nitrogens with zero attached hydrogens (tertiary/aromatic N) is 1. The third-order valence-electron chi connectivity index (χ3n) is 2.50. The minimum absolute atomic E-state index is 0.0672. The summed E-state index contributed by atoms with van der Waals surface area (Å²) in [7, 11) is 4.42. The smallest absolute Gasteiger partial charge is 0.325 e. The highest BCUT2D eigenvalue weighted by atomic mass is 16.5. The minimum atomic E-state index is -0.450. The van der Waals surface area contributed by atoms with E-state index < -0.39 is 5.97 Å². The number of ether oxygens (including phenoxy) is 2. The molecule has 5 heteroatoms. The lowest BCUT2D eigenvalue weighted by atomic mass is 10.2. The Kier molecular flexibility index (Phi) is 5.60. The van der Waals surface area contributed by atoms with Crippen molar-refractivity contribution in [2.75, 3.05) is 27.8 Å². The second-order valence-corrected chi connectivity index (χ2v) is 3.88. The molecule has 1 amide bonds. The molecule has 0 fully saturated rings. The van der Waals surface area contributed by atoms with Crippen LogP contribution in [0.3, 0.4) is 0 Å². The van der Waals surface area contributed by atoms with E-state index >= 15 is 0 Å². The highest BCUT2D eigenvalue weighted by Gasteiger charge is 2.09. The van der Waals surface area contributed by atoms with Gasteiger partial charge in [0.15, 0.2) is 0 Å². The van der Waals surface area contributed by atoms with Gasteiger partial charge in [0, 0.05) is 13.1 Å². The van der Waals surface area contributed by atoms with Crippen molar-refractivity contribution in [3.05, 3.63) is 35.9 Å². The van der Waals surface area contributed by atoms with E-state index in [1.165, 1.54) is 25.1 Å². The highest BCUT2D eigenvalue weighted by molar-refractivity contribution is 5.93. The van der Waals surface area contributed by atoms with Crippen LogP contribution in [0.1, 0.15) is 5.56 Å². The first kappa shape index (κ1) is 14.8. The van der Waals surface area contributed by atoms with E-state index in [4.69, 9.17) is 4.74 Å². The Morgan fingerprint density at radius 3 is 2.37 bits per heavy atom. The molecule has 0 radical (unpaired) electrons. The number of hydrogen-bond donors (Lipinski definition) is 0. The van der Waals surface area contributed by atoms with Crippen molar-refractivity contribution >= 4 is 18.0 Å². The zero-order valence-electron chi connectivity index (χ0n) is 11.3. The molecule has 1 aromatic carbocycles. The van der Waals surface area contributed by atoms with E-state index in [0.29, 0.717) is 0 Å². The molecule has 0 atom stereocenters. The van der Waals surface area contributed by atoms with Crippen molar-refractivity contribution in [3.8, 4) is 5.75 Å². The van der Waals surface area contributed by atoms with Crippen LogP contribution >= 0.6 is 0 Å². The molecule has 1 aromatic rings. The Labute approximate surface area is 112 Å². The summed E-state index contributed by atoms with van der Waals surface area (Å²) in [6, 6.07) is 7.29. The second-order valence-electron chi connectivity index (χ2n) is 3.88. The first-order chi connectivity index (χ1) is 9.06. The molecule has 1 rings (SSSR count). The van der Waals surface area contributed by atoms with Crippen LogP contribution in [0.2, 0.25) is 0 Å². The van der Waals surface area contributed by atoms with Crippen LogP contribution in [-0.4, -0.2) is 44.6 Å². The van der Waals surface area contributed by atoms with Gasteiger partial charge in [-0.1, -0.05) is 12.1 Å². The number of benzene rings is 1. The molecule has 5 nitrogen and oxygen atoms in total. The van der Waals surface area contributed by atoms with Crippen LogP contribution in [0.5, 0.6) is 5.75 Å². The van der Waals surface area contributed by atoms with Crippen molar-refractivity contribution in [1.29, 1.82) is 0 Å². The maximum atomic E-state index is 11.7. The van der Waals surface area contributed by atoms with E-state index in [1.807, 2.05) is 24.3 Å². The van der Waals surface area contributed by atoms with Crippen LogP contribution in [0.4, 0.5) is 0 Å². The molecule has 0 aromatic heterocycles. The van der Waals surface area contributed by atoms with Gasteiger partial charge < -0.3 is 14.4 Å². The summed E-state index contributed by atoms with van der Waals surface area (Å²) in [5.74, 6) is 0.0428. The Balaban J connectivity index is 2.59. The van der Waals surface area contributed by atoms with E-state index in [-0.39, 0.29) is 12.5 Å². The SMILES string of the molecule is COC(=O)CN(C)C(=O)C=Cc1ccc(OC)cc1. The summed E-state index contributed by atoms with van der Waals surface area (Å²) < 4.78 is 9.53. The molecule has 0 bridgehead atoms. The first-order valence-corrected chi connectivity index (χ1v) is 5.71. The Hall–Kier alpha value is -2.30. The van der Waals surface area contributed by atoms with E-state index in [2.05, 4.69) is 4.74 Å². The summed E-state index contributed by atoms with van der Waals surface area (Å²) >= 11 is 0. The first-order valence-electron chi connectivity index (χ1n) is 5.71. The van der Waals surface area contributed by atoms with Gasteiger partial charge in [-0.15, -0.1) is 0 Å². The predicted octanol–water partition coefficient (Wildman–Crippen LogP) is 1.34. The zero-order valence-corrected chi connectivity index (χ0v) is 11.3. The Morgan fingerprint density at radius 1 is 1.21 bits per heavy atom. The fourth-order valence-corrected chi connectivity index (χ4v) is 1.35. The fraction of sp³-hybridized carbons (Fsp3) is 0.286. The van der Waals surface area contributed by atoms with Gasteiger partial charge in [0.2, 0.25) is 5.91 Å². The van der Waals surface area contributed by atoms with Crippen LogP contribution in [-0.2, 0) is 14.3 Å². The number of rotatable bonds is 5. The summed E-state index contributed by atoms with van der Waals surface area (Å²) in [6.07, 6.45) is 3.08. The Bertz CT molecular complexity index is 465.